The predicted molar refractivity (Wildman–Crippen MR) is 56.8 cm³/mol. The number of nitrogens with one attached hydrogen (secondary N) is 2. The third kappa shape index (κ3) is 2.47. The zero-order valence-electron chi connectivity index (χ0n) is 8.59. The minimum Gasteiger partial charge on any atom is -0.311 e. The molecule has 0 saturated heterocycles. The quantitative estimate of drug-likeness (QED) is 0.817. The first-order chi connectivity index (χ1) is 8.06. The van der Waals surface area contributed by atoms with Gasteiger partial charge in [0, 0.05) is 23.7 Å². The molecule has 0 atom stereocenters. The van der Waals surface area contributed by atoms with Gasteiger partial charge in [0.1, 0.15) is 11.6 Å². The largest absolute Gasteiger partial charge is 0.325 e. The van der Waals surface area contributed by atoms with E-state index in [9.17, 15) is 18.4 Å². The lowest BCUT2D eigenvalue weighted by molar-refractivity contribution is 0.560. The Morgan fingerprint density at radius 2 is 1.71 bits per heavy atom. The summed E-state index contributed by atoms with van der Waals surface area (Å²) >= 11 is 0. The average molecular weight is 238 g/mol. The van der Waals surface area contributed by atoms with Gasteiger partial charge in [0.25, 0.3) is 5.56 Å². The second kappa shape index (κ2) is 4.32. The Balaban J connectivity index is 2.45. The van der Waals surface area contributed by atoms with Crippen LogP contribution in [0.1, 0.15) is 11.3 Å². The lowest BCUT2D eigenvalue weighted by Crippen LogP contribution is -2.23. The third-order valence-electron chi connectivity index (χ3n) is 2.25. The van der Waals surface area contributed by atoms with Gasteiger partial charge in [-0.2, -0.15) is 0 Å². The van der Waals surface area contributed by atoms with E-state index in [-0.39, 0.29) is 17.7 Å². The van der Waals surface area contributed by atoms with Crippen LogP contribution in [0.2, 0.25) is 0 Å². The molecule has 2 aromatic rings. The first-order valence-electron chi connectivity index (χ1n) is 4.81. The summed E-state index contributed by atoms with van der Waals surface area (Å²) in [6.45, 7) is 0. The van der Waals surface area contributed by atoms with Crippen LogP contribution in [0.3, 0.4) is 0 Å². The summed E-state index contributed by atoms with van der Waals surface area (Å²) in [5.74, 6) is -1.43. The summed E-state index contributed by atoms with van der Waals surface area (Å²) in [4.78, 5) is 26.3. The van der Waals surface area contributed by atoms with Crippen molar-refractivity contribution in [2.75, 3.05) is 0 Å². The van der Waals surface area contributed by atoms with Crippen molar-refractivity contribution in [3.63, 3.8) is 0 Å². The molecule has 0 saturated carbocycles. The molecule has 0 radical (unpaired) electrons. The molecule has 6 heteroatoms. The number of H-pyrrole nitrogens is 2. The summed E-state index contributed by atoms with van der Waals surface area (Å²) in [6, 6.07) is 4.56. The SMILES string of the molecule is O=c1cc(Cc2c(F)cccc2F)[nH]c(=O)[nH]1. The standard InChI is InChI=1S/C11H8F2N2O2/c12-8-2-1-3-9(13)7(8)4-6-5-10(16)15-11(17)14-6/h1-3,5H,4H2,(H2,14,15,16,17). The number of aromatic amines is 2. The Morgan fingerprint density at radius 3 is 2.29 bits per heavy atom. The van der Waals surface area contributed by atoms with E-state index < -0.39 is 22.9 Å². The molecular weight excluding hydrogens is 230 g/mol. The van der Waals surface area contributed by atoms with E-state index in [4.69, 9.17) is 0 Å². The van der Waals surface area contributed by atoms with Gasteiger partial charge in [-0.3, -0.25) is 9.78 Å². The lowest BCUT2D eigenvalue weighted by Gasteiger charge is -2.04. The van der Waals surface area contributed by atoms with Crippen molar-refractivity contribution >= 4 is 0 Å². The third-order valence-corrected chi connectivity index (χ3v) is 2.25. The highest BCUT2D eigenvalue weighted by Gasteiger charge is 2.09. The maximum absolute atomic E-state index is 13.3. The summed E-state index contributed by atoms with van der Waals surface area (Å²) < 4.78 is 26.6. The maximum Gasteiger partial charge on any atom is 0.325 e. The number of hydrogen-bond acceptors (Lipinski definition) is 2. The first kappa shape index (κ1) is 11.3. The number of hydrogen-bond donors (Lipinski definition) is 2. The Bertz CT molecular complexity index is 613. The molecule has 0 aliphatic carbocycles. The van der Waals surface area contributed by atoms with E-state index in [1.165, 1.54) is 6.07 Å². The van der Waals surface area contributed by atoms with E-state index in [0.29, 0.717) is 0 Å². The van der Waals surface area contributed by atoms with Crippen molar-refractivity contribution in [1.29, 1.82) is 0 Å². The fraction of sp³-hybridized carbons (Fsp3) is 0.0909. The molecule has 1 aromatic carbocycles. The number of halogens is 2. The zero-order valence-corrected chi connectivity index (χ0v) is 8.59. The molecule has 0 aliphatic rings. The van der Waals surface area contributed by atoms with Crippen LogP contribution in [-0.2, 0) is 6.42 Å². The molecule has 0 amide bonds. The van der Waals surface area contributed by atoms with Crippen molar-refractivity contribution in [3.8, 4) is 0 Å². The van der Waals surface area contributed by atoms with E-state index in [1.807, 2.05) is 4.98 Å². The van der Waals surface area contributed by atoms with Gasteiger partial charge in [0.15, 0.2) is 0 Å². The van der Waals surface area contributed by atoms with E-state index in [1.54, 1.807) is 0 Å². The van der Waals surface area contributed by atoms with Crippen molar-refractivity contribution in [3.05, 3.63) is 68.0 Å². The summed E-state index contributed by atoms with van der Waals surface area (Å²) in [5, 5.41) is 0. The second-order valence-corrected chi connectivity index (χ2v) is 3.49. The normalized spacial score (nSPS) is 10.5. The Kier molecular flexibility index (Phi) is 2.86. The van der Waals surface area contributed by atoms with Crippen LogP contribution >= 0.6 is 0 Å². The summed E-state index contributed by atoms with van der Waals surface area (Å²) in [7, 11) is 0. The van der Waals surface area contributed by atoms with E-state index in [0.717, 1.165) is 18.2 Å². The van der Waals surface area contributed by atoms with Gasteiger partial charge in [-0.25, -0.2) is 13.6 Å². The highest BCUT2D eigenvalue weighted by molar-refractivity contribution is 5.24. The van der Waals surface area contributed by atoms with Crippen LogP contribution in [0.4, 0.5) is 8.78 Å². The summed E-state index contributed by atoms with van der Waals surface area (Å²) in [5.41, 5.74) is -1.35. The zero-order chi connectivity index (χ0) is 12.4. The topological polar surface area (TPSA) is 65.7 Å². The van der Waals surface area contributed by atoms with Gasteiger partial charge < -0.3 is 4.98 Å². The molecule has 17 heavy (non-hydrogen) atoms. The predicted octanol–water partition coefficient (Wildman–Crippen LogP) is 0.932. The van der Waals surface area contributed by atoms with Crippen LogP contribution in [0, 0.1) is 11.6 Å². The molecule has 1 aromatic heterocycles. The number of aromatic nitrogens is 2. The van der Waals surface area contributed by atoms with Crippen LogP contribution < -0.4 is 11.2 Å². The minimum absolute atomic E-state index is 0.155. The summed E-state index contributed by atoms with van der Waals surface area (Å²) in [6.07, 6.45) is -0.183. The molecule has 0 fully saturated rings. The molecule has 0 unspecified atom stereocenters. The average Bonchev–Trinajstić information content (AvgIpc) is 2.22. The van der Waals surface area contributed by atoms with Crippen molar-refractivity contribution < 1.29 is 8.78 Å². The highest BCUT2D eigenvalue weighted by Crippen LogP contribution is 2.14. The number of rotatable bonds is 2. The van der Waals surface area contributed by atoms with Gasteiger partial charge in [-0.15, -0.1) is 0 Å². The molecule has 2 N–H and O–H groups in total. The fourth-order valence-electron chi connectivity index (χ4n) is 1.51. The van der Waals surface area contributed by atoms with Gasteiger partial charge in [-0.1, -0.05) is 6.07 Å². The van der Waals surface area contributed by atoms with Crippen molar-refractivity contribution in [2.45, 2.75) is 6.42 Å². The molecular formula is C11H8F2N2O2. The molecule has 2 rings (SSSR count). The minimum atomic E-state index is -0.717. The lowest BCUT2D eigenvalue weighted by atomic mass is 10.1. The molecule has 0 aliphatic heterocycles. The smallest absolute Gasteiger partial charge is 0.311 e. The maximum atomic E-state index is 13.3. The van der Waals surface area contributed by atoms with Gasteiger partial charge in [0.2, 0.25) is 0 Å². The van der Waals surface area contributed by atoms with Gasteiger partial charge in [0.05, 0.1) is 0 Å². The Morgan fingerprint density at radius 1 is 1.06 bits per heavy atom. The van der Waals surface area contributed by atoms with Crippen LogP contribution in [-0.4, -0.2) is 9.97 Å². The second-order valence-electron chi connectivity index (χ2n) is 3.49. The molecule has 4 nitrogen and oxygen atoms in total. The first-order valence-corrected chi connectivity index (χ1v) is 4.81. The van der Waals surface area contributed by atoms with Gasteiger partial charge in [-0.05, 0) is 12.1 Å². The van der Waals surface area contributed by atoms with E-state index >= 15 is 0 Å². The fourth-order valence-corrected chi connectivity index (χ4v) is 1.51. The van der Waals surface area contributed by atoms with Crippen LogP contribution in [0.15, 0.2) is 33.9 Å². The van der Waals surface area contributed by atoms with Crippen molar-refractivity contribution in [2.24, 2.45) is 0 Å². The van der Waals surface area contributed by atoms with Crippen LogP contribution in [0.5, 0.6) is 0 Å². The molecule has 0 spiro atoms. The molecule has 1 heterocycles. The van der Waals surface area contributed by atoms with Gasteiger partial charge >= 0.3 is 5.69 Å². The Hall–Kier alpha value is -2.24. The van der Waals surface area contributed by atoms with E-state index in [2.05, 4.69) is 4.98 Å². The van der Waals surface area contributed by atoms with Crippen molar-refractivity contribution in [1.82, 2.24) is 9.97 Å². The van der Waals surface area contributed by atoms with Crippen LogP contribution in [0.25, 0.3) is 0 Å². The Labute approximate surface area is 93.9 Å². The number of benzene rings is 1. The molecule has 88 valence electrons. The highest BCUT2D eigenvalue weighted by atomic mass is 19.1. The monoisotopic (exact) mass is 238 g/mol. The molecule has 0 bridgehead atoms.